The van der Waals surface area contributed by atoms with Gasteiger partial charge in [0.05, 0.1) is 27.3 Å². The Morgan fingerprint density at radius 1 is 1.29 bits per heavy atom. The summed E-state index contributed by atoms with van der Waals surface area (Å²) in [5, 5.41) is 8.10. The first-order chi connectivity index (χ1) is 12.6. The first-order valence-corrected chi connectivity index (χ1v) is 8.97. The molecule has 3 heterocycles. The maximum absolute atomic E-state index is 12.1. The molecule has 122 valence electrons. The fourth-order valence-corrected chi connectivity index (χ4v) is 3.81. The van der Waals surface area contributed by atoms with E-state index in [-0.39, 0.29) is 10.6 Å². The molecule has 0 atom stereocenters. The number of hydrogen-bond acceptors (Lipinski definition) is 5. The van der Waals surface area contributed by atoms with Crippen LogP contribution in [0.1, 0.15) is 9.81 Å². The van der Waals surface area contributed by atoms with Crippen molar-refractivity contribution in [3.63, 3.8) is 0 Å². The molecule has 0 saturated carbocycles. The Balaban J connectivity index is 2.01. The van der Waals surface area contributed by atoms with Crippen LogP contribution in [0.3, 0.4) is 0 Å². The zero-order valence-corrected chi connectivity index (χ0v) is 13.7. The van der Waals surface area contributed by atoms with Gasteiger partial charge in [0, 0.05) is 40.1 Å². The molecule has 0 bridgehead atoms. The van der Waals surface area contributed by atoms with Gasteiger partial charge in [0.1, 0.15) is 0 Å². The molecule has 3 aromatic heterocycles. The lowest BCUT2D eigenvalue weighted by molar-refractivity contribution is 0.603. The van der Waals surface area contributed by atoms with Gasteiger partial charge in [0.15, 0.2) is 9.84 Å². The molecule has 8 heteroatoms. The van der Waals surface area contributed by atoms with Gasteiger partial charge in [-0.2, -0.15) is 0 Å². The topological polar surface area (TPSA) is 93.5 Å². The first kappa shape index (κ1) is 11.7. The molecular weight excluding hydrogens is 326 g/mol. The predicted octanol–water partition coefficient (Wildman–Crippen LogP) is 2.22. The molecule has 4 rings (SSSR count). The summed E-state index contributed by atoms with van der Waals surface area (Å²) in [6, 6.07) is 6.69. The molecule has 24 heavy (non-hydrogen) atoms. The van der Waals surface area contributed by atoms with E-state index in [1.807, 2.05) is 0 Å². The standard InChI is InChI=1S/C16H15N5O2S/c1-9-16(21(2)20-19-9)10-7-12-15(17-8-10)14-11(18-12)5-4-6-13(14)24(3,22)23/h4-8,18H,1-3H3/i1D3. The van der Waals surface area contributed by atoms with E-state index in [0.29, 0.717) is 33.2 Å². The van der Waals surface area contributed by atoms with Crippen molar-refractivity contribution in [1.82, 2.24) is 25.0 Å². The SMILES string of the molecule is [2H]C([2H])([2H])c1nnn(C)c1-c1cnc2c(c1)[nH]c1cccc(S(C)(=O)=O)c12. The van der Waals surface area contributed by atoms with Gasteiger partial charge in [0.2, 0.25) is 0 Å². The summed E-state index contributed by atoms with van der Waals surface area (Å²) < 4.78 is 48.6. The minimum Gasteiger partial charge on any atom is -0.353 e. The number of aryl methyl sites for hydroxylation is 2. The summed E-state index contributed by atoms with van der Waals surface area (Å²) in [4.78, 5) is 7.76. The van der Waals surface area contributed by atoms with Crippen LogP contribution >= 0.6 is 0 Å². The van der Waals surface area contributed by atoms with Gasteiger partial charge < -0.3 is 4.98 Å². The van der Waals surface area contributed by atoms with Crippen LogP contribution in [-0.2, 0) is 16.9 Å². The highest BCUT2D eigenvalue weighted by atomic mass is 32.2. The van der Waals surface area contributed by atoms with Crippen molar-refractivity contribution >= 4 is 31.8 Å². The number of nitrogens with zero attached hydrogens (tertiary/aromatic N) is 4. The fourth-order valence-electron chi connectivity index (χ4n) is 2.90. The van der Waals surface area contributed by atoms with Gasteiger partial charge in [0.25, 0.3) is 0 Å². The Morgan fingerprint density at radius 3 is 2.88 bits per heavy atom. The summed E-state index contributed by atoms with van der Waals surface area (Å²) >= 11 is 0. The van der Waals surface area contributed by atoms with Crippen molar-refractivity contribution in [2.45, 2.75) is 11.7 Å². The number of nitrogens with one attached hydrogen (secondary N) is 1. The maximum atomic E-state index is 12.1. The number of fused-ring (bicyclic) bond motifs is 3. The molecule has 7 nitrogen and oxygen atoms in total. The summed E-state index contributed by atoms with van der Waals surface area (Å²) in [5.74, 6) is 0. The smallest absolute Gasteiger partial charge is 0.176 e. The van der Waals surface area contributed by atoms with Crippen LogP contribution in [0, 0.1) is 6.85 Å². The Hall–Kier alpha value is -2.74. The van der Waals surface area contributed by atoms with Crippen molar-refractivity contribution in [2.75, 3.05) is 6.26 Å². The maximum Gasteiger partial charge on any atom is 0.176 e. The Morgan fingerprint density at radius 2 is 2.12 bits per heavy atom. The number of rotatable bonds is 2. The average molecular weight is 344 g/mol. The minimum absolute atomic E-state index is 0.112. The molecule has 0 aliphatic heterocycles. The normalized spacial score (nSPS) is 14.7. The van der Waals surface area contributed by atoms with E-state index < -0.39 is 16.7 Å². The summed E-state index contributed by atoms with van der Waals surface area (Å²) in [6.07, 6.45) is 2.65. The second-order valence-electron chi connectivity index (χ2n) is 5.61. The quantitative estimate of drug-likeness (QED) is 0.602. The van der Waals surface area contributed by atoms with Crippen molar-refractivity contribution in [2.24, 2.45) is 7.05 Å². The molecule has 4 aromatic rings. The highest BCUT2D eigenvalue weighted by Gasteiger charge is 2.18. The highest BCUT2D eigenvalue weighted by Crippen LogP contribution is 2.32. The van der Waals surface area contributed by atoms with E-state index >= 15 is 0 Å². The van der Waals surface area contributed by atoms with Crippen LogP contribution in [0.4, 0.5) is 0 Å². The molecule has 0 spiro atoms. The molecule has 0 amide bonds. The van der Waals surface area contributed by atoms with Crippen LogP contribution in [0.25, 0.3) is 33.2 Å². The molecule has 0 radical (unpaired) electrons. The molecule has 1 aromatic carbocycles. The van der Waals surface area contributed by atoms with E-state index in [4.69, 9.17) is 4.11 Å². The van der Waals surface area contributed by atoms with Crippen molar-refractivity contribution < 1.29 is 12.5 Å². The zero-order chi connectivity index (χ0) is 19.6. The second kappa shape index (κ2) is 4.88. The number of sulfone groups is 1. The lowest BCUT2D eigenvalue weighted by Gasteiger charge is -2.03. The number of pyridine rings is 1. The second-order valence-corrected chi connectivity index (χ2v) is 7.59. The molecule has 0 fully saturated rings. The summed E-state index contributed by atoms with van der Waals surface area (Å²) in [7, 11) is -1.83. The Labute approximate surface area is 142 Å². The van der Waals surface area contributed by atoms with Crippen molar-refractivity contribution in [1.29, 1.82) is 0 Å². The zero-order valence-electron chi connectivity index (χ0n) is 15.9. The van der Waals surface area contributed by atoms with Gasteiger partial charge in [-0.1, -0.05) is 11.3 Å². The Bertz CT molecular complexity index is 1310. The van der Waals surface area contributed by atoms with Gasteiger partial charge in [-0.25, -0.2) is 13.1 Å². The lowest BCUT2D eigenvalue weighted by atomic mass is 10.1. The van der Waals surface area contributed by atoms with Crippen LogP contribution in [0.15, 0.2) is 35.4 Å². The molecule has 0 aliphatic rings. The number of aromatic nitrogens is 5. The third kappa shape index (κ3) is 2.10. The number of benzene rings is 1. The van der Waals surface area contributed by atoms with E-state index in [9.17, 15) is 8.42 Å². The summed E-state index contributed by atoms with van der Waals surface area (Å²) in [5.41, 5.74) is 2.48. The first-order valence-electron chi connectivity index (χ1n) is 8.58. The number of aromatic amines is 1. The van der Waals surface area contributed by atoms with Crippen LogP contribution in [0.2, 0.25) is 0 Å². The van der Waals surface area contributed by atoms with E-state index in [1.54, 1.807) is 25.2 Å². The van der Waals surface area contributed by atoms with Crippen LogP contribution < -0.4 is 0 Å². The minimum atomic E-state index is -3.44. The van der Waals surface area contributed by atoms with Gasteiger partial charge in [-0.05, 0) is 25.1 Å². The molecule has 1 N–H and O–H groups in total. The molecule has 0 saturated heterocycles. The molecule has 0 unspecified atom stereocenters. The molecule has 0 aliphatic carbocycles. The van der Waals surface area contributed by atoms with Crippen molar-refractivity contribution in [3.8, 4) is 11.3 Å². The monoisotopic (exact) mass is 344 g/mol. The van der Waals surface area contributed by atoms with Crippen LogP contribution in [0.5, 0.6) is 0 Å². The number of H-pyrrole nitrogens is 1. The molecular formula is C16H15N5O2S. The lowest BCUT2D eigenvalue weighted by Crippen LogP contribution is -1.97. The fraction of sp³-hybridized carbons (Fsp3) is 0.188. The van der Waals surface area contributed by atoms with E-state index in [1.165, 1.54) is 16.9 Å². The van der Waals surface area contributed by atoms with Gasteiger partial charge in [-0.3, -0.25) is 4.98 Å². The predicted molar refractivity (Wildman–Crippen MR) is 91.4 cm³/mol. The van der Waals surface area contributed by atoms with Crippen molar-refractivity contribution in [3.05, 3.63) is 36.2 Å². The third-order valence-electron chi connectivity index (χ3n) is 3.92. The third-order valence-corrected chi connectivity index (χ3v) is 5.06. The highest BCUT2D eigenvalue weighted by molar-refractivity contribution is 7.91. The van der Waals surface area contributed by atoms with Crippen LogP contribution in [-0.4, -0.2) is 39.6 Å². The summed E-state index contributed by atoms with van der Waals surface area (Å²) in [6.45, 7) is -2.41. The van der Waals surface area contributed by atoms with E-state index in [0.717, 1.165) is 6.26 Å². The van der Waals surface area contributed by atoms with Gasteiger partial charge in [-0.15, -0.1) is 5.10 Å². The largest absolute Gasteiger partial charge is 0.353 e. The average Bonchev–Trinajstić information content (AvgIpc) is 3.12. The Kier molecular flexibility index (Phi) is 2.39. The number of hydrogen-bond donors (Lipinski definition) is 1. The van der Waals surface area contributed by atoms with E-state index in [2.05, 4.69) is 20.3 Å². The van der Waals surface area contributed by atoms with Gasteiger partial charge >= 0.3 is 0 Å².